The number of ether oxygens (including phenoxy) is 1. The topological polar surface area (TPSA) is 26.3 Å². The van der Waals surface area contributed by atoms with Crippen molar-refractivity contribution in [2.75, 3.05) is 0 Å². The van der Waals surface area contributed by atoms with Gasteiger partial charge in [0.05, 0.1) is 0 Å². The van der Waals surface area contributed by atoms with Gasteiger partial charge in [-0.15, -0.1) is 0 Å². The van der Waals surface area contributed by atoms with Crippen LogP contribution in [-0.2, 0) is 4.79 Å². The van der Waals surface area contributed by atoms with E-state index in [0.29, 0.717) is 23.7 Å². The molecular weight excluding hydrogens is 236 g/mol. The van der Waals surface area contributed by atoms with Crippen molar-refractivity contribution in [1.82, 2.24) is 0 Å². The second-order valence-corrected chi connectivity index (χ2v) is 5.10. The van der Waals surface area contributed by atoms with Gasteiger partial charge < -0.3 is 4.74 Å². The fourth-order valence-electron chi connectivity index (χ4n) is 1.99. The number of carbonyl (C=O) groups excluding carboxylic acids is 1. The summed E-state index contributed by atoms with van der Waals surface area (Å²) in [6.45, 7) is 7.88. The third-order valence-corrected chi connectivity index (χ3v) is 2.87. The molecule has 19 heavy (non-hydrogen) atoms. The van der Waals surface area contributed by atoms with Crippen LogP contribution < -0.4 is 4.74 Å². The molecule has 0 aromatic heterocycles. The first-order valence-corrected chi connectivity index (χ1v) is 6.45. The monoisotopic (exact) mass is 254 g/mol. The van der Waals surface area contributed by atoms with E-state index >= 15 is 0 Å². The van der Waals surface area contributed by atoms with Crippen molar-refractivity contribution < 1.29 is 9.53 Å². The quantitative estimate of drug-likeness (QED) is 0.460. The van der Waals surface area contributed by atoms with Gasteiger partial charge in [0.15, 0.2) is 0 Å². The second-order valence-electron chi connectivity index (χ2n) is 5.10. The first-order chi connectivity index (χ1) is 9.06. The highest BCUT2D eigenvalue weighted by Crippen LogP contribution is 2.21. The summed E-state index contributed by atoms with van der Waals surface area (Å²) >= 11 is 0. The van der Waals surface area contributed by atoms with Gasteiger partial charge in [-0.25, -0.2) is 4.79 Å². The van der Waals surface area contributed by atoms with E-state index in [1.807, 2.05) is 42.5 Å². The van der Waals surface area contributed by atoms with Crippen LogP contribution >= 0.6 is 0 Å². The molecule has 2 rings (SSSR count). The number of rotatable bonds is 4. The van der Waals surface area contributed by atoms with E-state index in [2.05, 4.69) is 20.4 Å². The zero-order valence-electron chi connectivity index (χ0n) is 11.3. The average molecular weight is 254 g/mol. The van der Waals surface area contributed by atoms with Crippen LogP contribution in [0, 0.1) is 5.92 Å². The second kappa shape index (κ2) is 5.70. The van der Waals surface area contributed by atoms with E-state index < -0.39 is 0 Å². The third-order valence-electron chi connectivity index (χ3n) is 2.87. The maximum absolute atomic E-state index is 11.9. The van der Waals surface area contributed by atoms with E-state index in [9.17, 15) is 4.79 Å². The maximum atomic E-state index is 11.9. The molecular formula is C17H18O2. The van der Waals surface area contributed by atoms with E-state index in [1.165, 1.54) is 0 Å². The summed E-state index contributed by atoms with van der Waals surface area (Å²) in [7, 11) is 0. The Bertz CT molecular complexity index is 611. The zero-order valence-corrected chi connectivity index (χ0v) is 11.3. The van der Waals surface area contributed by atoms with Gasteiger partial charge in [-0.2, -0.15) is 0 Å². The molecule has 2 aromatic rings. The highest BCUT2D eigenvalue weighted by atomic mass is 16.5. The lowest BCUT2D eigenvalue weighted by Crippen LogP contribution is -2.12. The predicted molar refractivity (Wildman–Crippen MR) is 78.2 cm³/mol. The molecule has 0 spiro atoms. The summed E-state index contributed by atoms with van der Waals surface area (Å²) in [6.07, 6.45) is 0.659. The lowest BCUT2D eigenvalue weighted by atomic mass is 10.0. The average Bonchev–Trinajstić information content (AvgIpc) is 2.37. The molecule has 0 saturated carbocycles. The minimum Gasteiger partial charge on any atom is -0.423 e. The Morgan fingerprint density at radius 2 is 1.84 bits per heavy atom. The Hall–Kier alpha value is -2.09. The number of hydrogen-bond donors (Lipinski definition) is 0. The Balaban J connectivity index is 2.13. The zero-order chi connectivity index (χ0) is 13.8. The molecule has 0 amide bonds. The summed E-state index contributed by atoms with van der Waals surface area (Å²) in [4.78, 5) is 11.9. The van der Waals surface area contributed by atoms with Crippen LogP contribution in [-0.4, -0.2) is 5.97 Å². The van der Waals surface area contributed by atoms with Gasteiger partial charge in [0.2, 0.25) is 0 Å². The van der Waals surface area contributed by atoms with Gasteiger partial charge in [-0.3, -0.25) is 0 Å². The first-order valence-electron chi connectivity index (χ1n) is 6.45. The van der Waals surface area contributed by atoms with Crippen molar-refractivity contribution in [3.05, 3.63) is 54.6 Å². The number of esters is 1. The summed E-state index contributed by atoms with van der Waals surface area (Å²) in [5, 5.41) is 2.19. The number of hydrogen-bond acceptors (Lipinski definition) is 2. The van der Waals surface area contributed by atoms with Crippen LogP contribution in [0.15, 0.2) is 54.6 Å². The molecule has 0 saturated heterocycles. The van der Waals surface area contributed by atoms with Gasteiger partial charge in [0.1, 0.15) is 5.75 Å². The molecule has 0 N–H and O–H groups in total. The maximum Gasteiger partial charge on any atom is 0.338 e. The molecule has 0 fully saturated rings. The van der Waals surface area contributed by atoms with Crippen molar-refractivity contribution in [2.45, 2.75) is 20.3 Å². The van der Waals surface area contributed by atoms with E-state index in [1.54, 1.807) is 0 Å². The SMILES string of the molecule is C=C(CC(C)C)C(=O)Oc1ccc2ccccc2c1. The van der Waals surface area contributed by atoms with Crippen LogP contribution in [0.3, 0.4) is 0 Å². The van der Waals surface area contributed by atoms with Gasteiger partial charge in [0, 0.05) is 5.57 Å². The number of benzene rings is 2. The molecule has 2 aromatic carbocycles. The van der Waals surface area contributed by atoms with Gasteiger partial charge in [-0.05, 0) is 35.2 Å². The summed E-state index contributed by atoms with van der Waals surface area (Å²) < 4.78 is 5.35. The highest BCUT2D eigenvalue weighted by molar-refractivity contribution is 5.90. The van der Waals surface area contributed by atoms with Crippen molar-refractivity contribution in [2.24, 2.45) is 5.92 Å². The van der Waals surface area contributed by atoms with E-state index in [-0.39, 0.29) is 5.97 Å². The lowest BCUT2D eigenvalue weighted by molar-refractivity contribution is -0.130. The largest absolute Gasteiger partial charge is 0.423 e. The lowest BCUT2D eigenvalue weighted by Gasteiger charge is -2.09. The van der Waals surface area contributed by atoms with Crippen molar-refractivity contribution >= 4 is 16.7 Å². The molecule has 2 heteroatoms. The minimum atomic E-state index is -0.344. The minimum absolute atomic E-state index is 0.344. The van der Waals surface area contributed by atoms with Crippen LogP contribution in [0.25, 0.3) is 10.8 Å². The van der Waals surface area contributed by atoms with Crippen LogP contribution in [0.1, 0.15) is 20.3 Å². The fraction of sp³-hybridized carbons (Fsp3) is 0.235. The fourth-order valence-corrected chi connectivity index (χ4v) is 1.99. The normalized spacial score (nSPS) is 10.7. The molecule has 0 bridgehead atoms. The summed E-state index contributed by atoms with van der Waals surface area (Å²) in [5.74, 6) is 0.620. The Labute approximate surface area is 113 Å². The summed E-state index contributed by atoms with van der Waals surface area (Å²) in [5.41, 5.74) is 0.517. The van der Waals surface area contributed by atoms with E-state index in [4.69, 9.17) is 4.74 Å². The molecule has 98 valence electrons. The van der Waals surface area contributed by atoms with E-state index in [0.717, 1.165) is 10.8 Å². The van der Waals surface area contributed by atoms with Gasteiger partial charge in [0.25, 0.3) is 0 Å². The Morgan fingerprint density at radius 1 is 1.16 bits per heavy atom. The molecule has 0 atom stereocenters. The van der Waals surface area contributed by atoms with Crippen LogP contribution in [0.5, 0.6) is 5.75 Å². The van der Waals surface area contributed by atoms with Crippen LogP contribution in [0.4, 0.5) is 0 Å². The Kier molecular flexibility index (Phi) is 4.00. The van der Waals surface area contributed by atoms with Gasteiger partial charge in [-0.1, -0.05) is 50.8 Å². The molecule has 0 heterocycles. The molecule has 0 radical (unpaired) electrons. The number of fused-ring (bicyclic) bond motifs is 1. The molecule has 0 unspecified atom stereocenters. The molecule has 0 aliphatic rings. The van der Waals surface area contributed by atoms with Crippen molar-refractivity contribution in [3.8, 4) is 5.75 Å². The highest BCUT2D eigenvalue weighted by Gasteiger charge is 2.11. The smallest absolute Gasteiger partial charge is 0.338 e. The number of carbonyl (C=O) groups is 1. The third kappa shape index (κ3) is 3.44. The van der Waals surface area contributed by atoms with Crippen molar-refractivity contribution in [3.63, 3.8) is 0 Å². The van der Waals surface area contributed by atoms with Crippen molar-refractivity contribution in [1.29, 1.82) is 0 Å². The molecule has 0 aliphatic heterocycles. The summed E-state index contributed by atoms with van der Waals surface area (Å²) in [6, 6.07) is 13.6. The van der Waals surface area contributed by atoms with Crippen LogP contribution in [0.2, 0.25) is 0 Å². The van der Waals surface area contributed by atoms with Gasteiger partial charge >= 0.3 is 5.97 Å². The molecule has 0 aliphatic carbocycles. The standard InChI is InChI=1S/C17H18O2/c1-12(2)10-13(3)17(18)19-16-9-8-14-6-4-5-7-15(14)11-16/h4-9,11-12H,3,10H2,1-2H3. The first kappa shape index (κ1) is 13.3. The Morgan fingerprint density at radius 3 is 2.53 bits per heavy atom. The predicted octanol–water partition coefficient (Wildman–Crippen LogP) is 4.35. The molecule has 2 nitrogen and oxygen atoms in total.